The molecular weight excluding hydrogens is 318 g/mol. The molecule has 8 heteroatoms. The molecule has 0 aliphatic heterocycles. The van der Waals surface area contributed by atoms with Crippen LogP contribution < -0.4 is 11.2 Å². The van der Waals surface area contributed by atoms with Gasteiger partial charge in [0.1, 0.15) is 11.4 Å². The molecule has 6 nitrogen and oxygen atoms in total. The van der Waals surface area contributed by atoms with E-state index >= 15 is 0 Å². The van der Waals surface area contributed by atoms with Crippen molar-refractivity contribution in [3.05, 3.63) is 44.4 Å². The third kappa shape index (κ3) is 3.11. The summed E-state index contributed by atoms with van der Waals surface area (Å²) in [5, 5.41) is 7.95. The van der Waals surface area contributed by atoms with Crippen LogP contribution >= 0.6 is 0 Å². The zero-order valence-corrected chi connectivity index (χ0v) is 12.8. The number of alkyl halides is 2. The normalized spacial score (nSPS) is 19.0. The Labute approximate surface area is 135 Å². The predicted octanol–water partition coefficient (Wildman–Crippen LogP) is 1.65. The molecule has 2 aromatic heterocycles. The highest BCUT2D eigenvalue weighted by molar-refractivity contribution is 5.59. The molecule has 0 radical (unpaired) electrons. The molecule has 0 amide bonds. The number of nitrogens with zero attached hydrogens (tertiary/aromatic N) is 2. The summed E-state index contributed by atoms with van der Waals surface area (Å²) in [7, 11) is 0. The van der Waals surface area contributed by atoms with E-state index in [1.165, 1.54) is 6.20 Å². The number of hydrogen-bond donors (Lipinski definition) is 2. The first-order chi connectivity index (χ1) is 11.5. The summed E-state index contributed by atoms with van der Waals surface area (Å²) in [5.74, 6) is 4.62. The maximum Gasteiger partial charge on any atom is 0.325 e. The van der Waals surface area contributed by atoms with Gasteiger partial charge in [-0.25, -0.2) is 13.6 Å². The third-order valence-corrected chi connectivity index (χ3v) is 3.87. The second-order valence-electron chi connectivity index (χ2n) is 5.51. The average molecular weight is 332 g/mol. The molecule has 1 aliphatic carbocycles. The van der Waals surface area contributed by atoms with Gasteiger partial charge < -0.3 is 4.98 Å². The monoisotopic (exact) mass is 332 g/mol. The van der Waals surface area contributed by atoms with E-state index in [2.05, 4.69) is 32.0 Å². The molecule has 0 saturated heterocycles. The Balaban J connectivity index is 2.07. The van der Waals surface area contributed by atoms with Crippen LogP contribution in [0.4, 0.5) is 8.78 Å². The van der Waals surface area contributed by atoms with Crippen LogP contribution in [0.3, 0.4) is 0 Å². The van der Waals surface area contributed by atoms with Gasteiger partial charge in [-0.1, -0.05) is 12.8 Å². The van der Waals surface area contributed by atoms with Crippen LogP contribution in [0.25, 0.3) is 11.3 Å². The lowest BCUT2D eigenvalue weighted by Gasteiger charge is -2.06. The number of nitrogens with one attached hydrogen (secondary N) is 2. The molecule has 0 spiro atoms. The Hall–Kier alpha value is -2.82. The second-order valence-corrected chi connectivity index (χ2v) is 5.51. The Bertz CT molecular complexity index is 939. The van der Waals surface area contributed by atoms with Crippen molar-refractivity contribution in [2.75, 3.05) is 0 Å². The zero-order chi connectivity index (χ0) is 17.3. The summed E-state index contributed by atoms with van der Waals surface area (Å²) in [6.07, 6.45) is -0.226. The van der Waals surface area contributed by atoms with E-state index in [1.54, 1.807) is 6.07 Å². The third-order valence-electron chi connectivity index (χ3n) is 3.87. The summed E-state index contributed by atoms with van der Waals surface area (Å²) < 4.78 is 25.8. The van der Waals surface area contributed by atoms with Gasteiger partial charge >= 0.3 is 5.69 Å². The van der Waals surface area contributed by atoms with Crippen molar-refractivity contribution in [3.63, 3.8) is 0 Å². The van der Waals surface area contributed by atoms with E-state index in [0.29, 0.717) is 24.1 Å². The molecule has 1 aliphatic rings. The van der Waals surface area contributed by atoms with Crippen molar-refractivity contribution in [1.29, 1.82) is 0 Å². The van der Waals surface area contributed by atoms with Crippen molar-refractivity contribution < 1.29 is 8.78 Å². The molecule has 2 aromatic rings. The fourth-order valence-corrected chi connectivity index (χ4v) is 2.54. The van der Waals surface area contributed by atoms with E-state index < -0.39 is 23.6 Å². The fourth-order valence-electron chi connectivity index (χ4n) is 2.54. The number of halogens is 2. The molecular formula is C16H14F2N4O2. The molecule has 1 saturated carbocycles. The quantitative estimate of drug-likeness (QED) is 0.836. The van der Waals surface area contributed by atoms with Gasteiger partial charge in [-0.3, -0.25) is 9.78 Å². The number of aromatic nitrogens is 4. The molecule has 24 heavy (non-hydrogen) atoms. The van der Waals surface area contributed by atoms with Gasteiger partial charge in [-0.2, -0.15) is 0 Å². The summed E-state index contributed by atoms with van der Waals surface area (Å²) in [6.45, 7) is 1.87. The first kappa shape index (κ1) is 16.1. The van der Waals surface area contributed by atoms with Gasteiger partial charge in [0.15, 0.2) is 0 Å². The number of aromatic amines is 2. The lowest BCUT2D eigenvalue weighted by atomic mass is 10.0. The highest BCUT2D eigenvalue weighted by Gasteiger charge is 2.46. The number of H-pyrrole nitrogens is 2. The SMILES string of the molecule is CCC#Cc1nnc(-c2c[nH]c(=O)[nH]c2=O)cc1[C@H]1C[C@@H]1C(F)F. The van der Waals surface area contributed by atoms with Crippen LogP contribution in [-0.2, 0) is 0 Å². The summed E-state index contributed by atoms with van der Waals surface area (Å²) in [4.78, 5) is 27.4. The molecule has 2 N–H and O–H groups in total. The minimum absolute atomic E-state index is 0.118. The van der Waals surface area contributed by atoms with Gasteiger partial charge in [-0.05, 0) is 29.9 Å². The predicted molar refractivity (Wildman–Crippen MR) is 82.7 cm³/mol. The number of hydrogen-bond acceptors (Lipinski definition) is 4. The van der Waals surface area contributed by atoms with Crippen molar-refractivity contribution >= 4 is 0 Å². The zero-order valence-electron chi connectivity index (χ0n) is 12.8. The van der Waals surface area contributed by atoms with Crippen LogP contribution in [0.2, 0.25) is 0 Å². The first-order valence-electron chi connectivity index (χ1n) is 7.48. The van der Waals surface area contributed by atoms with Crippen molar-refractivity contribution in [2.45, 2.75) is 32.1 Å². The first-order valence-corrected chi connectivity index (χ1v) is 7.48. The van der Waals surface area contributed by atoms with Crippen LogP contribution in [0, 0.1) is 17.8 Å². The van der Waals surface area contributed by atoms with Crippen LogP contribution in [0.15, 0.2) is 21.9 Å². The van der Waals surface area contributed by atoms with Gasteiger partial charge in [0.2, 0.25) is 6.43 Å². The maximum atomic E-state index is 12.9. The van der Waals surface area contributed by atoms with E-state index in [-0.39, 0.29) is 17.2 Å². The molecule has 0 unspecified atom stereocenters. The van der Waals surface area contributed by atoms with E-state index in [0.717, 1.165) is 0 Å². The standard InChI is InChI=1S/C16H14F2N4O2/c1-2-3-4-12-9(8-5-10(8)14(17)18)6-13(22-21-12)11-7-19-16(24)20-15(11)23/h6-8,10,14H,2,5H2,1H3,(H2,19,20,23,24)/t8-,10+/m1/s1. The summed E-state index contributed by atoms with van der Waals surface area (Å²) >= 11 is 0. The smallest absolute Gasteiger partial charge is 0.313 e. The molecule has 0 aromatic carbocycles. The van der Waals surface area contributed by atoms with Crippen molar-refractivity contribution in [1.82, 2.24) is 20.2 Å². The molecule has 0 bridgehead atoms. The van der Waals surface area contributed by atoms with E-state index in [1.807, 2.05) is 6.92 Å². The summed E-state index contributed by atoms with van der Waals surface area (Å²) in [6, 6.07) is 1.56. The van der Waals surface area contributed by atoms with E-state index in [9.17, 15) is 18.4 Å². The number of rotatable bonds is 3. The maximum absolute atomic E-state index is 12.9. The van der Waals surface area contributed by atoms with Gasteiger partial charge in [0.05, 0.1) is 5.56 Å². The topological polar surface area (TPSA) is 91.5 Å². The molecule has 1 fully saturated rings. The largest absolute Gasteiger partial charge is 0.325 e. The van der Waals surface area contributed by atoms with Crippen LogP contribution in [0.1, 0.15) is 36.9 Å². The highest BCUT2D eigenvalue weighted by atomic mass is 19.3. The lowest BCUT2D eigenvalue weighted by Crippen LogP contribution is -2.23. The fraction of sp³-hybridized carbons (Fsp3) is 0.375. The van der Waals surface area contributed by atoms with Crippen LogP contribution in [0.5, 0.6) is 0 Å². The summed E-state index contributed by atoms with van der Waals surface area (Å²) in [5.41, 5.74) is -0.00145. The Morgan fingerprint density at radius 1 is 1.38 bits per heavy atom. The second kappa shape index (κ2) is 6.35. The van der Waals surface area contributed by atoms with Gasteiger partial charge in [-0.15, -0.1) is 10.2 Å². The van der Waals surface area contributed by atoms with E-state index in [4.69, 9.17) is 0 Å². The Morgan fingerprint density at radius 2 is 2.17 bits per heavy atom. The van der Waals surface area contributed by atoms with Gasteiger partial charge in [0.25, 0.3) is 5.56 Å². The highest BCUT2D eigenvalue weighted by Crippen LogP contribution is 2.51. The van der Waals surface area contributed by atoms with Crippen molar-refractivity contribution in [3.8, 4) is 23.1 Å². The Morgan fingerprint density at radius 3 is 2.79 bits per heavy atom. The minimum Gasteiger partial charge on any atom is -0.313 e. The average Bonchev–Trinajstić information content (AvgIpc) is 3.34. The van der Waals surface area contributed by atoms with Crippen LogP contribution in [-0.4, -0.2) is 26.6 Å². The lowest BCUT2D eigenvalue weighted by molar-refractivity contribution is 0.120. The van der Waals surface area contributed by atoms with Gasteiger partial charge in [0, 0.05) is 18.5 Å². The Kier molecular flexibility index (Phi) is 4.25. The van der Waals surface area contributed by atoms with Crippen molar-refractivity contribution in [2.24, 2.45) is 5.92 Å². The minimum atomic E-state index is -2.41. The molecule has 2 atom stereocenters. The molecule has 2 heterocycles. The molecule has 124 valence electrons. The molecule has 3 rings (SSSR count).